The topological polar surface area (TPSA) is 38.3 Å². The fraction of sp³-hybridized carbons (Fsp3) is 0.588. The number of amides is 1. The van der Waals surface area contributed by atoms with Gasteiger partial charge in [0, 0.05) is 19.6 Å². The maximum atomic E-state index is 11.9. The van der Waals surface area contributed by atoms with E-state index in [-0.39, 0.29) is 17.4 Å². The summed E-state index contributed by atoms with van der Waals surface area (Å²) in [5, 5.41) is 3.22. The molecule has 1 unspecified atom stereocenters. The van der Waals surface area contributed by atoms with E-state index in [4.69, 9.17) is 4.74 Å². The van der Waals surface area contributed by atoms with Crippen molar-refractivity contribution >= 4 is 5.91 Å². The molecule has 3 rings (SSSR count). The first kappa shape index (κ1) is 13.6. The summed E-state index contributed by atoms with van der Waals surface area (Å²) in [6, 6.07) is 10.8. The van der Waals surface area contributed by atoms with Crippen LogP contribution in [0.15, 0.2) is 30.3 Å². The van der Waals surface area contributed by atoms with Gasteiger partial charge in [-0.2, -0.15) is 0 Å². The lowest BCUT2D eigenvalue weighted by Crippen LogP contribution is -2.42. The highest BCUT2D eigenvalue weighted by Crippen LogP contribution is 2.46. The monoisotopic (exact) mass is 273 g/mol. The summed E-state index contributed by atoms with van der Waals surface area (Å²) in [7, 11) is 1.79. The van der Waals surface area contributed by atoms with Gasteiger partial charge < -0.3 is 10.1 Å². The Hall–Kier alpha value is -1.35. The average Bonchev–Trinajstić information content (AvgIpc) is 2.76. The van der Waals surface area contributed by atoms with E-state index in [1.54, 1.807) is 7.11 Å². The molecule has 0 bridgehead atoms. The molecule has 1 heterocycles. The lowest BCUT2D eigenvalue weighted by Gasteiger charge is -2.40. The molecular weight excluding hydrogens is 250 g/mol. The van der Waals surface area contributed by atoms with Crippen LogP contribution in [0.2, 0.25) is 0 Å². The van der Waals surface area contributed by atoms with Crippen molar-refractivity contribution in [3.05, 3.63) is 35.9 Å². The number of nitrogens with one attached hydrogen (secondary N) is 1. The van der Waals surface area contributed by atoms with Crippen LogP contribution < -0.4 is 5.32 Å². The van der Waals surface area contributed by atoms with Gasteiger partial charge >= 0.3 is 0 Å². The van der Waals surface area contributed by atoms with E-state index >= 15 is 0 Å². The Morgan fingerprint density at radius 1 is 1.25 bits per heavy atom. The van der Waals surface area contributed by atoms with Crippen LogP contribution in [0.25, 0.3) is 0 Å². The highest BCUT2D eigenvalue weighted by Gasteiger charge is 2.48. The van der Waals surface area contributed by atoms with Gasteiger partial charge in [0.15, 0.2) is 0 Å². The number of hydrogen-bond donors (Lipinski definition) is 1. The second-order valence-corrected chi connectivity index (χ2v) is 6.28. The molecule has 1 aromatic rings. The Morgan fingerprint density at radius 3 is 2.60 bits per heavy atom. The third kappa shape index (κ3) is 2.59. The minimum Gasteiger partial charge on any atom is -0.381 e. The Kier molecular flexibility index (Phi) is 3.79. The van der Waals surface area contributed by atoms with Crippen molar-refractivity contribution in [2.75, 3.05) is 7.11 Å². The third-order valence-electron chi connectivity index (χ3n) is 5.13. The van der Waals surface area contributed by atoms with Crippen LogP contribution >= 0.6 is 0 Å². The molecule has 1 amide bonds. The number of methoxy groups -OCH3 is 1. The summed E-state index contributed by atoms with van der Waals surface area (Å²) in [5.74, 6) is 0.224. The first-order valence-electron chi connectivity index (χ1n) is 7.58. The summed E-state index contributed by atoms with van der Waals surface area (Å²) in [5.41, 5.74) is 1.47. The van der Waals surface area contributed by atoms with Gasteiger partial charge in [0.1, 0.15) is 0 Å². The van der Waals surface area contributed by atoms with Crippen LogP contribution in [0.4, 0.5) is 0 Å². The second kappa shape index (κ2) is 5.57. The zero-order valence-corrected chi connectivity index (χ0v) is 12.1. The predicted molar refractivity (Wildman–Crippen MR) is 78.4 cm³/mol. The smallest absolute Gasteiger partial charge is 0.220 e. The van der Waals surface area contributed by atoms with Crippen molar-refractivity contribution in [3.8, 4) is 0 Å². The molecule has 0 aromatic heterocycles. The molecule has 1 saturated heterocycles. The molecule has 1 aromatic carbocycles. The maximum absolute atomic E-state index is 11.9. The van der Waals surface area contributed by atoms with Crippen LogP contribution in [0.1, 0.15) is 37.7 Å². The first-order chi connectivity index (χ1) is 9.72. The van der Waals surface area contributed by atoms with Gasteiger partial charge in [-0.05, 0) is 43.1 Å². The van der Waals surface area contributed by atoms with E-state index in [2.05, 4.69) is 29.6 Å². The van der Waals surface area contributed by atoms with Crippen molar-refractivity contribution in [1.82, 2.24) is 5.32 Å². The van der Waals surface area contributed by atoms with Crippen molar-refractivity contribution in [2.24, 2.45) is 5.41 Å². The average molecular weight is 273 g/mol. The van der Waals surface area contributed by atoms with Crippen LogP contribution in [-0.4, -0.2) is 25.2 Å². The lowest BCUT2D eigenvalue weighted by molar-refractivity contribution is -0.120. The van der Waals surface area contributed by atoms with E-state index in [1.165, 1.54) is 5.56 Å². The molecule has 3 heteroatoms. The molecule has 20 heavy (non-hydrogen) atoms. The van der Waals surface area contributed by atoms with Gasteiger partial charge in [0.25, 0.3) is 0 Å². The molecule has 1 atom stereocenters. The van der Waals surface area contributed by atoms with Gasteiger partial charge in [0.2, 0.25) is 5.91 Å². The Morgan fingerprint density at radius 2 is 1.95 bits per heavy atom. The third-order valence-corrected chi connectivity index (χ3v) is 5.13. The van der Waals surface area contributed by atoms with E-state index in [9.17, 15) is 4.79 Å². The molecule has 1 saturated carbocycles. The fourth-order valence-electron chi connectivity index (χ4n) is 3.89. The predicted octanol–water partition coefficient (Wildman–Crippen LogP) is 2.69. The SMILES string of the molecule is COC1CCC2(CC1)CC(=O)NC2Cc1ccccc1. The van der Waals surface area contributed by atoms with Gasteiger partial charge in [-0.1, -0.05) is 30.3 Å². The molecule has 2 fully saturated rings. The molecule has 1 N–H and O–H groups in total. The van der Waals surface area contributed by atoms with Gasteiger partial charge in [-0.15, -0.1) is 0 Å². The summed E-state index contributed by atoms with van der Waals surface area (Å²) in [6.07, 6.45) is 6.39. The molecule has 2 aliphatic rings. The number of carbonyl (C=O) groups is 1. The number of benzene rings is 1. The van der Waals surface area contributed by atoms with E-state index in [0.29, 0.717) is 12.5 Å². The number of hydrogen-bond acceptors (Lipinski definition) is 2. The molecule has 1 aliphatic carbocycles. The summed E-state index contributed by atoms with van der Waals surface area (Å²) in [4.78, 5) is 11.9. The Bertz CT molecular complexity index is 463. The normalized spacial score (nSPS) is 33.4. The first-order valence-corrected chi connectivity index (χ1v) is 7.58. The summed E-state index contributed by atoms with van der Waals surface area (Å²) in [6.45, 7) is 0. The lowest BCUT2D eigenvalue weighted by atomic mass is 9.67. The fourth-order valence-corrected chi connectivity index (χ4v) is 3.89. The summed E-state index contributed by atoms with van der Waals surface area (Å²) >= 11 is 0. The second-order valence-electron chi connectivity index (χ2n) is 6.28. The standard InChI is InChI=1S/C17H23NO2/c1-20-14-7-9-17(10-8-14)12-16(19)18-15(17)11-13-5-3-2-4-6-13/h2-6,14-15H,7-12H2,1H3,(H,18,19). The molecule has 108 valence electrons. The van der Waals surface area contributed by atoms with Crippen LogP contribution in [0, 0.1) is 5.41 Å². The number of ether oxygens (including phenoxy) is 1. The molecular formula is C17H23NO2. The minimum absolute atomic E-state index is 0.155. The van der Waals surface area contributed by atoms with Crippen molar-refractivity contribution in [1.29, 1.82) is 0 Å². The Balaban J connectivity index is 1.74. The van der Waals surface area contributed by atoms with Crippen molar-refractivity contribution < 1.29 is 9.53 Å². The largest absolute Gasteiger partial charge is 0.381 e. The summed E-state index contributed by atoms with van der Waals surface area (Å²) < 4.78 is 5.47. The zero-order valence-electron chi connectivity index (χ0n) is 12.1. The quantitative estimate of drug-likeness (QED) is 0.919. The van der Waals surface area contributed by atoms with E-state index in [0.717, 1.165) is 32.1 Å². The number of rotatable bonds is 3. The van der Waals surface area contributed by atoms with E-state index < -0.39 is 0 Å². The van der Waals surface area contributed by atoms with Crippen molar-refractivity contribution in [3.63, 3.8) is 0 Å². The molecule has 1 spiro atoms. The molecule has 0 radical (unpaired) electrons. The van der Waals surface area contributed by atoms with Crippen LogP contribution in [-0.2, 0) is 16.0 Å². The van der Waals surface area contributed by atoms with Gasteiger partial charge in [-0.25, -0.2) is 0 Å². The van der Waals surface area contributed by atoms with Crippen LogP contribution in [0.3, 0.4) is 0 Å². The maximum Gasteiger partial charge on any atom is 0.220 e. The highest BCUT2D eigenvalue weighted by molar-refractivity contribution is 5.80. The molecule has 1 aliphatic heterocycles. The Labute approximate surface area is 120 Å². The zero-order chi connectivity index (χ0) is 14.0. The van der Waals surface area contributed by atoms with Crippen LogP contribution in [0.5, 0.6) is 0 Å². The highest BCUT2D eigenvalue weighted by atomic mass is 16.5. The van der Waals surface area contributed by atoms with E-state index in [1.807, 2.05) is 6.07 Å². The minimum atomic E-state index is 0.155. The number of carbonyl (C=O) groups excluding carboxylic acids is 1. The van der Waals surface area contributed by atoms with Gasteiger partial charge in [-0.3, -0.25) is 4.79 Å². The molecule has 3 nitrogen and oxygen atoms in total. The van der Waals surface area contributed by atoms with Gasteiger partial charge in [0.05, 0.1) is 6.10 Å². The van der Waals surface area contributed by atoms with Crippen molar-refractivity contribution in [2.45, 2.75) is 50.7 Å².